The second-order valence-electron chi connectivity index (χ2n) is 5.41. The van der Waals surface area contributed by atoms with Gasteiger partial charge in [0.2, 0.25) is 5.91 Å². The Bertz CT molecular complexity index is 744. The van der Waals surface area contributed by atoms with Crippen LogP contribution < -0.4 is 10.6 Å². The third-order valence-electron chi connectivity index (χ3n) is 3.72. The van der Waals surface area contributed by atoms with E-state index >= 15 is 0 Å². The van der Waals surface area contributed by atoms with Gasteiger partial charge in [-0.05, 0) is 48.9 Å². The van der Waals surface area contributed by atoms with Crippen LogP contribution in [0.5, 0.6) is 0 Å². The molecule has 0 atom stereocenters. The summed E-state index contributed by atoms with van der Waals surface area (Å²) in [7, 11) is 0. The van der Waals surface area contributed by atoms with E-state index < -0.39 is 0 Å². The van der Waals surface area contributed by atoms with Crippen molar-refractivity contribution in [2.75, 3.05) is 17.6 Å². The van der Waals surface area contributed by atoms with Crippen LogP contribution in [0, 0.1) is 13.8 Å². The van der Waals surface area contributed by atoms with E-state index in [9.17, 15) is 9.59 Å². The fourth-order valence-corrected chi connectivity index (χ4v) is 3.07. The zero-order valence-corrected chi connectivity index (χ0v) is 15.0. The van der Waals surface area contributed by atoms with Crippen LogP contribution in [-0.4, -0.2) is 24.1 Å². The monoisotopic (exact) mass is 342 g/mol. The lowest BCUT2D eigenvalue weighted by Gasteiger charge is -2.12. The lowest BCUT2D eigenvalue weighted by atomic mass is 10.1. The van der Waals surface area contributed by atoms with E-state index in [4.69, 9.17) is 0 Å². The molecule has 2 aromatic rings. The number of aryl methyl sites for hydroxylation is 1. The highest BCUT2D eigenvalue weighted by Crippen LogP contribution is 2.22. The summed E-state index contributed by atoms with van der Waals surface area (Å²) in [5, 5.41) is 5.53. The van der Waals surface area contributed by atoms with Crippen LogP contribution in [0.15, 0.2) is 47.4 Å². The molecule has 0 spiro atoms. The van der Waals surface area contributed by atoms with Gasteiger partial charge >= 0.3 is 0 Å². The molecule has 24 heavy (non-hydrogen) atoms. The Morgan fingerprint density at radius 1 is 1.04 bits per heavy atom. The summed E-state index contributed by atoms with van der Waals surface area (Å²) in [6.07, 6.45) is 0. The van der Waals surface area contributed by atoms with Gasteiger partial charge in [0.25, 0.3) is 5.91 Å². The van der Waals surface area contributed by atoms with Crippen LogP contribution in [0.1, 0.15) is 28.4 Å². The van der Waals surface area contributed by atoms with Gasteiger partial charge in [-0.15, -0.1) is 11.8 Å². The van der Waals surface area contributed by atoms with E-state index in [2.05, 4.69) is 10.6 Å². The summed E-state index contributed by atoms with van der Waals surface area (Å²) in [5.41, 5.74) is 3.52. The van der Waals surface area contributed by atoms with Gasteiger partial charge in [-0.2, -0.15) is 0 Å². The summed E-state index contributed by atoms with van der Waals surface area (Å²) in [5.74, 6) is 0.414. The molecule has 2 N–H and O–H groups in total. The number of hydrogen-bond donors (Lipinski definition) is 2. The SMILES string of the molecule is CCSc1ccccc1C(=O)NCC(=O)Nc1cccc(C)c1C. The van der Waals surface area contributed by atoms with Crippen molar-refractivity contribution in [3.8, 4) is 0 Å². The first-order chi connectivity index (χ1) is 11.5. The number of hydrogen-bond acceptors (Lipinski definition) is 3. The first kappa shape index (κ1) is 18.1. The minimum Gasteiger partial charge on any atom is -0.343 e. The fourth-order valence-electron chi connectivity index (χ4n) is 2.27. The van der Waals surface area contributed by atoms with Gasteiger partial charge in [-0.1, -0.05) is 31.2 Å². The molecule has 5 heteroatoms. The van der Waals surface area contributed by atoms with Crippen molar-refractivity contribution < 1.29 is 9.59 Å². The van der Waals surface area contributed by atoms with E-state index in [0.29, 0.717) is 5.56 Å². The first-order valence-electron chi connectivity index (χ1n) is 7.89. The summed E-state index contributed by atoms with van der Waals surface area (Å²) < 4.78 is 0. The maximum atomic E-state index is 12.3. The lowest BCUT2D eigenvalue weighted by molar-refractivity contribution is -0.115. The molecule has 0 aliphatic heterocycles. The lowest BCUT2D eigenvalue weighted by Crippen LogP contribution is -2.33. The zero-order valence-electron chi connectivity index (χ0n) is 14.2. The second kappa shape index (κ2) is 8.55. The molecule has 0 saturated heterocycles. The predicted molar refractivity (Wildman–Crippen MR) is 99.7 cm³/mol. The van der Waals surface area contributed by atoms with Crippen LogP contribution in [0.4, 0.5) is 5.69 Å². The number of thioether (sulfide) groups is 1. The zero-order chi connectivity index (χ0) is 17.5. The van der Waals surface area contributed by atoms with Crippen molar-refractivity contribution in [1.82, 2.24) is 5.32 Å². The third-order valence-corrected chi connectivity index (χ3v) is 4.68. The molecule has 0 saturated carbocycles. The first-order valence-corrected chi connectivity index (χ1v) is 8.87. The fraction of sp³-hybridized carbons (Fsp3) is 0.263. The molecule has 0 aromatic heterocycles. The maximum absolute atomic E-state index is 12.3. The Morgan fingerprint density at radius 3 is 2.54 bits per heavy atom. The van der Waals surface area contributed by atoms with E-state index in [1.54, 1.807) is 17.8 Å². The number of rotatable bonds is 6. The normalized spacial score (nSPS) is 10.3. The van der Waals surface area contributed by atoms with Gasteiger partial charge in [0.1, 0.15) is 0 Å². The van der Waals surface area contributed by atoms with Gasteiger partial charge in [0.15, 0.2) is 0 Å². The van der Waals surface area contributed by atoms with Crippen molar-refractivity contribution in [3.63, 3.8) is 0 Å². The van der Waals surface area contributed by atoms with E-state index in [0.717, 1.165) is 27.5 Å². The molecule has 0 radical (unpaired) electrons. The molecule has 2 rings (SSSR count). The summed E-state index contributed by atoms with van der Waals surface area (Å²) in [4.78, 5) is 25.3. The molecular weight excluding hydrogens is 320 g/mol. The average molecular weight is 342 g/mol. The van der Waals surface area contributed by atoms with Gasteiger partial charge in [0, 0.05) is 10.6 Å². The Morgan fingerprint density at radius 2 is 1.79 bits per heavy atom. The quantitative estimate of drug-likeness (QED) is 0.786. The smallest absolute Gasteiger partial charge is 0.252 e. The Balaban J connectivity index is 1.97. The second-order valence-corrected chi connectivity index (χ2v) is 6.71. The third kappa shape index (κ3) is 4.61. The molecule has 2 aromatic carbocycles. The summed E-state index contributed by atoms with van der Waals surface area (Å²) in [6.45, 7) is 5.94. The highest BCUT2D eigenvalue weighted by Gasteiger charge is 2.12. The molecule has 0 heterocycles. The summed E-state index contributed by atoms with van der Waals surface area (Å²) in [6, 6.07) is 13.2. The van der Waals surface area contributed by atoms with Crippen molar-refractivity contribution in [3.05, 3.63) is 59.2 Å². The largest absolute Gasteiger partial charge is 0.343 e. The van der Waals surface area contributed by atoms with Crippen molar-refractivity contribution in [2.45, 2.75) is 25.7 Å². The topological polar surface area (TPSA) is 58.2 Å². The minimum atomic E-state index is -0.238. The molecule has 0 aliphatic carbocycles. The van der Waals surface area contributed by atoms with Crippen LogP contribution in [-0.2, 0) is 4.79 Å². The van der Waals surface area contributed by atoms with E-state index in [1.807, 2.05) is 57.2 Å². The van der Waals surface area contributed by atoms with Crippen LogP contribution in [0.25, 0.3) is 0 Å². The Hall–Kier alpha value is -2.27. The minimum absolute atomic E-state index is 0.0582. The number of benzene rings is 2. The van der Waals surface area contributed by atoms with Gasteiger partial charge in [-0.25, -0.2) is 0 Å². The van der Waals surface area contributed by atoms with Crippen molar-refractivity contribution >= 4 is 29.3 Å². The van der Waals surface area contributed by atoms with E-state index in [-0.39, 0.29) is 18.4 Å². The highest BCUT2D eigenvalue weighted by molar-refractivity contribution is 7.99. The number of nitrogens with one attached hydrogen (secondary N) is 2. The maximum Gasteiger partial charge on any atom is 0.252 e. The molecule has 126 valence electrons. The van der Waals surface area contributed by atoms with Crippen LogP contribution >= 0.6 is 11.8 Å². The van der Waals surface area contributed by atoms with Gasteiger partial charge in [-0.3, -0.25) is 9.59 Å². The molecule has 0 bridgehead atoms. The number of carbonyl (C=O) groups is 2. The number of anilines is 1. The summed E-state index contributed by atoms with van der Waals surface area (Å²) >= 11 is 1.61. The average Bonchev–Trinajstić information content (AvgIpc) is 2.58. The standard InChI is InChI=1S/C19H22N2O2S/c1-4-24-17-11-6-5-9-15(17)19(23)20-12-18(22)21-16-10-7-8-13(2)14(16)3/h5-11H,4,12H2,1-3H3,(H,20,23)(H,21,22). The molecular formula is C19H22N2O2S. The van der Waals surface area contributed by atoms with Crippen LogP contribution in [0.2, 0.25) is 0 Å². The predicted octanol–water partition coefficient (Wildman–Crippen LogP) is 3.78. The molecule has 4 nitrogen and oxygen atoms in total. The Kier molecular flexibility index (Phi) is 6.44. The molecule has 0 aliphatic rings. The number of carbonyl (C=O) groups excluding carboxylic acids is 2. The highest BCUT2D eigenvalue weighted by atomic mass is 32.2. The van der Waals surface area contributed by atoms with E-state index in [1.165, 1.54) is 0 Å². The van der Waals surface area contributed by atoms with Crippen LogP contribution in [0.3, 0.4) is 0 Å². The van der Waals surface area contributed by atoms with Crippen molar-refractivity contribution in [2.24, 2.45) is 0 Å². The number of amides is 2. The van der Waals surface area contributed by atoms with Gasteiger partial charge < -0.3 is 10.6 Å². The molecule has 2 amide bonds. The molecule has 0 fully saturated rings. The van der Waals surface area contributed by atoms with Crippen molar-refractivity contribution in [1.29, 1.82) is 0 Å². The van der Waals surface area contributed by atoms with Gasteiger partial charge in [0.05, 0.1) is 12.1 Å². The Labute approximate surface area is 147 Å². The molecule has 0 unspecified atom stereocenters.